The lowest BCUT2D eigenvalue weighted by molar-refractivity contribution is 0.412. The highest BCUT2D eigenvalue weighted by Gasteiger charge is 2.12. The van der Waals surface area contributed by atoms with E-state index in [-0.39, 0.29) is 0 Å². The van der Waals surface area contributed by atoms with Crippen LogP contribution in [0.4, 0.5) is 0 Å². The van der Waals surface area contributed by atoms with Gasteiger partial charge >= 0.3 is 0 Å². The first-order valence-corrected chi connectivity index (χ1v) is 8.34. The average Bonchev–Trinajstić information content (AvgIpc) is 3.12. The van der Waals surface area contributed by atoms with Gasteiger partial charge < -0.3 is 9.47 Å². The molecule has 0 atom stereocenters. The van der Waals surface area contributed by atoms with Crippen molar-refractivity contribution in [2.75, 3.05) is 7.11 Å². The van der Waals surface area contributed by atoms with Crippen LogP contribution in [0.1, 0.15) is 0 Å². The second-order valence-electron chi connectivity index (χ2n) is 5.13. The van der Waals surface area contributed by atoms with Gasteiger partial charge in [0.05, 0.1) is 12.6 Å². The summed E-state index contributed by atoms with van der Waals surface area (Å²) in [4.78, 5) is 9.26. The van der Waals surface area contributed by atoms with Crippen molar-refractivity contribution >= 4 is 21.6 Å². The van der Waals surface area contributed by atoms with Gasteiger partial charge in [-0.2, -0.15) is 4.98 Å². The molecule has 0 fully saturated rings. The molecule has 24 heavy (non-hydrogen) atoms. The first-order chi connectivity index (χ1) is 11.8. The molecule has 0 spiro atoms. The van der Waals surface area contributed by atoms with Crippen LogP contribution in [0.2, 0.25) is 0 Å². The van der Waals surface area contributed by atoms with Crippen LogP contribution in [0, 0.1) is 0 Å². The summed E-state index contributed by atoms with van der Waals surface area (Å²) in [5.41, 5.74) is 1.85. The molecular weight excluding hydrogens is 320 g/mol. The Kier molecular flexibility index (Phi) is 3.84. The quantitative estimate of drug-likeness (QED) is 0.517. The van der Waals surface area contributed by atoms with Crippen LogP contribution in [0.25, 0.3) is 21.6 Å². The molecule has 2 aromatic carbocycles. The number of ether oxygens (including phenoxy) is 2. The monoisotopic (exact) mass is 334 g/mol. The molecule has 5 heteroatoms. The molecule has 0 saturated carbocycles. The van der Waals surface area contributed by atoms with E-state index in [9.17, 15) is 0 Å². The fourth-order valence-corrected chi connectivity index (χ4v) is 3.13. The Bertz CT molecular complexity index is 966. The fraction of sp³-hybridized carbons (Fsp3) is 0.0526. The molecule has 0 radical (unpaired) electrons. The molecule has 0 saturated heterocycles. The maximum absolute atomic E-state index is 6.02. The van der Waals surface area contributed by atoms with Gasteiger partial charge in [0, 0.05) is 5.56 Å². The molecule has 0 aliphatic carbocycles. The lowest BCUT2D eigenvalue weighted by Gasteiger charge is -2.08. The van der Waals surface area contributed by atoms with Crippen LogP contribution < -0.4 is 9.47 Å². The highest BCUT2D eigenvalue weighted by atomic mass is 32.1. The Hall–Kier alpha value is -2.92. The molecule has 4 rings (SSSR count). The molecule has 0 bridgehead atoms. The van der Waals surface area contributed by atoms with Gasteiger partial charge in [-0.15, -0.1) is 11.3 Å². The van der Waals surface area contributed by atoms with Crippen LogP contribution >= 0.6 is 11.3 Å². The van der Waals surface area contributed by atoms with Gasteiger partial charge in [0.2, 0.25) is 5.88 Å². The molecule has 0 aliphatic heterocycles. The van der Waals surface area contributed by atoms with Crippen molar-refractivity contribution < 1.29 is 9.47 Å². The third-order valence-electron chi connectivity index (χ3n) is 3.58. The smallest absolute Gasteiger partial charge is 0.240 e. The number of nitrogens with zero attached hydrogens (tertiary/aromatic N) is 2. The van der Waals surface area contributed by atoms with Crippen molar-refractivity contribution in [2.45, 2.75) is 0 Å². The molecule has 0 N–H and O–H groups in total. The minimum Gasteiger partial charge on any atom is -0.497 e. The molecule has 0 amide bonds. The van der Waals surface area contributed by atoms with Crippen LogP contribution in [0.15, 0.2) is 66.0 Å². The number of hydrogen-bond acceptors (Lipinski definition) is 5. The van der Waals surface area contributed by atoms with Gasteiger partial charge in [-0.3, -0.25) is 0 Å². The normalized spacial score (nSPS) is 10.7. The Morgan fingerprint density at radius 3 is 2.33 bits per heavy atom. The van der Waals surface area contributed by atoms with Crippen molar-refractivity contribution in [1.29, 1.82) is 0 Å². The third kappa shape index (κ3) is 2.81. The van der Waals surface area contributed by atoms with Gasteiger partial charge in [-0.05, 0) is 35.7 Å². The first kappa shape index (κ1) is 14.7. The Morgan fingerprint density at radius 1 is 0.833 bits per heavy atom. The maximum Gasteiger partial charge on any atom is 0.240 e. The molecule has 118 valence electrons. The van der Waals surface area contributed by atoms with Crippen LogP contribution in [-0.4, -0.2) is 17.1 Å². The average molecular weight is 334 g/mol. The van der Waals surface area contributed by atoms with Gasteiger partial charge in [0.1, 0.15) is 16.2 Å². The summed E-state index contributed by atoms with van der Waals surface area (Å²) in [6.45, 7) is 0. The first-order valence-electron chi connectivity index (χ1n) is 7.46. The van der Waals surface area contributed by atoms with E-state index in [0.29, 0.717) is 17.5 Å². The number of fused-ring (bicyclic) bond motifs is 1. The second-order valence-corrected chi connectivity index (χ2v) is 6.05. The van der Waals surface area contributed by atoms with Crippen molar-refractivity contribution in [2.24, 2.45) is 0 Å². The summed E-state index contributed by atoms with van der Waals surface area (Å²) in [7, 11) is 1.64. The van der Waals surface area contributed by atoms with Crippen molar-refractivity contribution in [3.63, 3.8) is 0 Å². The summed E-state index contributed by atoms with van der Waals surface area (Å²) in [6, 6.07) is 19.3. The zero-order valence-electron chi connectivity index (χ0n) is 13.0. The van der Waals surface area contributed by atoms with E-state index < -0.39 is 0 Å². The van der Waals surface area contributed by atoms with Crippen molar-refractivity contribution in [3.8, 4) is 28.8 Å². The van der Waals surface area contributed by atoms with Crippen LogP contribution in [-0.2, 0) is 0 Å². The Balaban J connectivity index is 1.77. The number of aromatic nitrogens is 2. The minimum atomic E-state index is 0.569. The number of methoxy groups -OCH3 is 1. The zero-order valence-corrected chi connectivity index (χ0v) is 13.8. The number of thiophene rings is 1. The fourth-order valence-electron chi connectivity index (χ4n) is 2.38. The standard InChI is InChI=1S/C19H14N2O2S/c1-22-14-7-9-15(10-8-14)23-19-17-16(11-12-24-17)20-18(21-19)13-5-3-2-4-6-13/h2-12H,1H3. The lowest BCUT2D eigenvalue weighted by atomic mass is 10.2. The summed E-state index contributed by atoms with van der Waals surface area (Å²) in [5, 5.41) is 2.00. The molecule has 2 heterocycles. The van der Waals surface area contributed by atoms with E-state index in [4.69, 9.17) is 9.47 Å². The number of hydrogen-bond donors (Lipinski definition) is 0. The van der Waals surface area contributed by atoms with E-state index >= 15 is 0 Å². The molecule has 0 unspecified atom stereocenters. The Labute approximate surface area is 143 Å². The number of benzene rings is 2. The van der Waals surface area contributed by atoms with Gasteiger partial charge in [-0.25, -0.2) is 4.98 Å². The molecule has 0 aliphatic rings. The predicted molar refractivity (Wildman–Crippen MR) is 95.9 cm³/mol. The molecular formula is C19H14N2O2S. The zero-order chi connectivity index (χ0) is 16.4. The van der Waals surface area contributed by atoms with E-state index in [1.807, 2.05) is 66.0 Å². The molecule has 4 nitrogen and oxygen atoms in total. The second kappa shape index (κ2) is 6.29. The topological polar surface area (TPSA) is 44.2 Å². The van der Waals surface area contributed by atoms with Crippen LogP contribution in [0.5, 0.6) is 17.4 Å². The molecule has 2 aromatic heterocycles. The maximum atomic E-state index is 6.02. The minimum absolute atomic E-state index is 0.569. The van der Waals surface area contributed by atoms with Crippen molar-refractivity contribution in [1.82, 2.24) is 9.97 Å². The lowest BCUT2D eigenvalue weighted by Crippen LogP contribution is -1.94. The highest BCUT2D eigenvalue weighted by Crippen LogP contribution is 2.33. The summed E-state index contributed by atoms with van der Waals surface area (Å²) >= 11 is 1.57. The van der Waals surface area contributed by atoms with E-state index in [0.717, 1.165) is 21.5 Å². The highest BCUT2D eigenvalue weighted by molar-refractivity contribution is 7.17. The van der Waals surface area contributed by atoms with Gasteiger partial charge in [0.25, 0.3) is 0 Å². The largest absolute Gasteiger partial charge is 0.497 e. The van der Waals surface area contributed by atoms with E-state index in [2.05, 4.69) is 9.97 Å². The number of rotatable bonds is 4. The summed E-state index contributed by atoms with van der Waals surface area (Å²) in [6.07, 6.45) is 0. The summed E-state index contributed by atoms with van der Waals surface area (Å²) < 4.78 is 12.1. The SMILES string of the molecule is COc1ccc(Oc2nc(-c3ccccc3)nc3ccsc23)cc1. The van der Waals surface area contributed by atoms with E-state index in [1.54, 1.807) is 18.4 Å². The van der Waals surface area contributed by atoms with Gasteiger partial charge in [-0.1, -0.05) is 30.3 Å². The summed E-state index contributed by atoms with van der Waals surface area (Å²) in [5.74, 6) is 2.73. The Morgan fingerprint density at radius 2 is 1.58 bits per heavy atom. The van der Waals surface area contributed by atoms with Crippen LogP contribution in [0.3, 0.4) is 0 Å². The van der Waals surface area contributed by atoms with E-state index in [1.165, 1.54) is 0 Å². The third-order valence-corrected chi connectivity index (χ3v) is 4.47. The van der Waals surface area contributed by atoms with Gasteiger partial charge in [0.15, 0.2) is 5.82 Å². The molecule has 4 aromatic rings. The predicted octanol–water partition coefficient (Wildman–Crippen LogP) is 5.16. The van der Waals surface area contributed by atoms with Crippen molar-refractivity contribution in [3.05, 3.63) is 66.0 Å².